The number of hydrogen-bond acceptors (Lipinski definition) is 7. The summed E-state index contributed by atoms with van der Waals surface area (Å²) < 4.78 is 40.7. The number of aromatic nitrogens is 3. The van der Waals surface area contributed by atoms with Crippen LogP contribution in [0.15, 0.2) is 6.07 Å². The van der Waals surface area contributed by atoms with E-state index in [-0.39, 0.29) is 50.0 Å². The van der Waals surface area contributed by atoms with E-state index in [1.54, 1.807) is 6.92 Å². The Kier molecular flexibility index (Phi) is 6.15. The third-order valence-corrected chi connectivity index (χ3v) is 6.14. The largest absolute Gasteiger partial charge is 0.433 e. The number of nitrogens with one attached hydrogen (secondary N) is 1. The average Bonchev–Trinajstić information content (AvgIpc) is 3.18. The van der Waals surface area contributed by atoms with Crippen LogP contribution in [0.2, 0.25) is 0 Å². The maximum absolute atomic E-state index is 13.1. The van der Waals surface area contributed by atoms with Crippen molar-refractivity contribution in [1.82, 2.24) is 14.8 Å². The van der Waals surface area contributed by atoms with Crippen molar-refractivity contribution in [1.29, 1.82) is 0 Å². The summed E-state index contributed by atoms with van der Waals surface area (Å²) in [5.41, 5.74) is 4.73. The molecule has 0 aliphatic carbocycles. The highest BCUT2D eigenvalue weighted by Gasteiger charge is 2.34. The second-order valence-corrected chi connectivity index (χ2v) is 8.52. The van der Waals surface area contributed by atoms with Crippen molar-refractivity contribution in [2.24, 2.45) is 11.7 Å². The van der Waals surface area contributed by atoms with Gasteiger partial charge in [0.15, 0.2) is 0 Å². The zero-order valence-electron chi connectivity index (χ0n) is 17.9. The minimum atomic E-state index is -4.68. The summed E-state index contributed by atoms with van der Waals surface area (Å²) in [6.07, 6.45) is -4.68. The second kappa shape index (κ2) is 8.42. The van der Waals surface area contributed by atoms with Crippen molar-refractivity contribution in [2.75, 3.05) is 5.32 Å². The van der Waals surface area contributed by atoms with Crippen molar-refractivity contribution < 1.29 is 27.7 Å². The number of pyridine rings is 1. The van der Waals surface area contributed by atoms with E-state index in [0.717, 1.165) is 6.07 Å². The molecule has 176 valence electrons. The molecule has 3 aromatic rings. The van der Waals surface area contributed by atoms with Gasteiger partial charge in [0, 0.05) is 5.39 Å². The smallest absolute Gasteiger partial charge is 0.365 e. The van der Waals surface area contributed by atoms with E-state index in [9.17, 15) is 32.9 Å². The topological polar surface area (TPSA) is 146 Å². The molecule has 0 saturated carbocycles. The van der Waals surface area contributed by atoms with Crippen LogP contribution in [0.3, 0.4) is 0 Å². The molecule has 3 heterocycles. The van der Waals surface area contributed by atoms with Crippen LogP contribution in [0.5, 0.6) is 0 Å². The van der Waals surface area contributed by atoms with Gasteiger partial charge in [-0.25, -0.2) is 4.98 Å². The van der Waals surface area contributed by atoms with Gasteiger partial charge in [-0.3, -0.25) is 24.4 Å². The lowest BCUT2D eigenvalue weighted by atomic mass is 10.1. The van der Waals surface area contributed by atoms with E-state index >= 15 is 0 Å². The SMILES string of the molecule is Cc1nn(CC(C)C(=O)Nc2c(C(N)=O)sc3nc(C(F)(F)F)cc(C)c23)c(C)c1[N+](=O)[O-]. The first kappa shape index (κ1) is 24.1. The summed E-state index contributed by atoms with van der Waals surface area (Å²) in [7, 11) is 0. The summed E-state index contributed by atoms with van der Waals surface area (Å²) >= 11 is 0.652. The van der Waals surface area contributed by atoms with Crippen LogP contribution in [0, 0.1) is 36.8 Å². The van der Waals surface area contributed by atoms with Crippen LogP contribution in [-0.2, 0) is 17.5 Å². The number of halogens is 3. The molecule has 3 aromatic heterocycles. The first-order chi connectivity index (χ1) is 15.2. The van der Waals surface area contributed by atoms with E-state index in [4.69, 9.17) is 5.73 Å². The highest BCUT2D eigenvalue weighted by molar-refractivity contribution is 7.21. The van der Waals surface area contributed by atoms with Crippen LogP contribution < -0.4 is 11.1 Å². The summed E-state index contributed by atoms with van der Waals surface area (Å²) in [5, 5.41) is 18.0. The van der Waals surface area contributed by atoms with E-state index in [1.165, 1.54) is 25.5 Å². The number of rotatable bonds is 6. The number of anilines is 1. The number of primary amides is 1. The molecule has 0 bridgehead atoms. The Morgan fingerprint density at radius 3 is 2.48 bits per heavy atom. The van der Waals surface area contributed by atoms with Gasteiger partial charge < -0.3 is 11.1 Å². The minimum absolute atomic E-state index is 0.00419. The molecule has 0 aliphatic heterocycles. The lowest BCUT2D eigenvalue weighted by Crippen LogP contribution is -2.26. The Morgan fingerprint density at radius 1 is 1.33 bits per heavy atom. The first-order valence-electron chi connectivity index (χ1n) is 9.52. The van der Waals surface area contributed by atoms with Gasteiger partial charge in [-0.2, -0.15) is 18.3 Å². The highest BCUT2D eigenvalue weighted by Crippen LogP contribution is 2.40. The normalized spacial score (nSPS) is 12.7. The van der Waals surface area contributed by atoms with Gasteiger partial charge in [0.2, 0.25) is 5.91 Å². The molecular formula is C19H19F3N6O4S. The van der Waals surface area contributed by atoms with E-state index in [1.807, 2.05) is 0 Å². The van der Waals surface area contributed by atoms with E-state index in [0.29, 0.717) is 11.3 Å². The highest BCUT2D eigenvalue weighted by atomic mass is 32.1. The number of amides is 2. The van der Waals surface area contributed by atoms with Gasteiger partial charge in [0.25, 0.3) is 5.91 Å². The zero-order chi connectivity index (χ0) is 24.8. The van der Waals surface area contributed by atoms with Crippen LogP contribution in [0.1, 0.15) is 39.2 Å². The number of thiophene rings is 1. The molecule has 3 N–H and O–H groups in total. The fraction of sp³-hybridized carbons (Fsp3) is 0.368. The Morgan fingerprint density at radius 2 is 1.97 bits per heavy atom. The van der Waals surface area contributed by atoms with Crippen LogP contribution in [-0.4, -0.2) is 31.5 Å². The number of nitro groups is 1. The summed E-state index contributed by atoms with van der Waals surface area (Å²) in [5.74, 6) is -2.27. The molecular weight excluding hydrogens is 465 g/mol. The first-order valence-corrected chi connectivity index (χ1v) is 10.3. The number of hydrogen-bond donors (Lipinski definition) is 2. The molecule has 0 aliphatic rings. The lowest BCUT2D eigenvalue weighted by molar-refractivity contribution is -0.386. The molecule has 33 heavy (non-hydrogen) atoms. The predicted octanol–water partition coefficient (Wildman–Crippen LogP) is 3.72. The molecule has 1 atom stereocenters. The Hall–Kier alpha value is -3.55. The summed E-state index contributed by atoms with van der Waals surface area (Å²) in [6, 6.07) is 0.827. The third-order valence-electron chi connectivity index (χ3n) is 5.04. The predicted molar refractivity (Wildman–Crippen MR) is 114 cm³/mol. The van der Waals surface area contributed by atoms with Gasteiger partial charge in [0.1, 0.15) is 26.8 Å². The number of alkyl halides is 3. The molecule has 10 nitrogen and oxygen atoms in total. The van der Waals surface area contributed by atoms with E-state index < -0.39 is 34.5 Å². The standard InChI is InChI=1S/C19H19F3N6O4S/c1-7-5-11(19(20,21)22)24-18-12(7)13(15(33-18)16(23)29)25-17(30)8(2)6-27-10(4)14(28(31)32)9(3)26-27/h5,8H,6H2,1-4H3,(H2,23,29)(H,25,30). The molecule has 0 fully saturated rings. The van der Waals surface area contributed by atoms with Gasteiger partial charge >= 0.3 is 11.9 Å². The van der Waals surface area contributed by atoms with Gasteiger partial charge in [-0.15, -0.1) is 11.3 Å². The summed E-state index contributed by atoms with van der Waals surface area (Å²) in [6.45, 7) is 5.94. The summed E-state index contributed by atoms with van der Waals surface area (Å²) in [4.78, 5) is 38.8. The molecule has 0 aromatic carbocycles. The third kappa shape index (κ3) is 4.51. The van der Waals surface area contributed by atoms with Crippen molar-refractivity contribution in [2.45, 2.75) is 40.4 Å². The van der Waals surface area contributed by atoms with Gasteiger partial charge in [-0.05, 0) is 32.4 Å². The van der Waals surface area contributed by atoms with Crippen LogP contribution in [0.25, 0.3) is 10.2 Å². The molecule has 14 heteroatoms. The van der Waals surface area contributed by atoms with Crippen LogP contribution in [0.4, 0.5) is 24.5 Å². The van der Waals surface area contributed by atoms with Crippen LogP contribution >= 0.6 is 11.3 Å². The fourth-order valence-corrected chi connectivity index (χ4v) is 4.50. The molecule has 3 rings (SSSR count). The minimum Gasteiger partial charge on any atom is -0.365 e. The Labute approximate surface area is 188 Å². The monoisotopic (exact) mass is 484 g/mol. The number of nitrogens with zero attached hydrogens (tertiary/aromatic N) is 4. The molecule has 0 spiro atoms. The quantitative estimate of drug-likeness (QED) is 0.403. The number of aryl methyl sites for hydroxylation is 2. The van der Waals surface area contributed by atoms with Crippen molar-refractivity contribution in [3.8, 4) is 0 Å². The maximum Gasteiger partial charge on any atom is 0.433 e. The Bertz CT molecular complexity index is 1300. The number of nitrogens with two attached hydrogens (primary N) is 1. The van der Waals surface area contributed by atoms with Gasteiger partial charge in [-0.1, -0.05) is 6.92 Å². The van der Waals surface area contributed by atoms with Gasteiger partial charge in [0.05, 0.1) is 23.1 Å². The second-order valence-electron chi connectivity index (χ2n) is 7.52. The molecule has 0 radical (unpaired) electrons. The number of carbonyl (C=O) groups excluding carboxylic acids is 2. The fourth-order valence-electron chi connectivity index (χ4n) is 3.44. The zero-order valence-corrected chi connectivity index (χ0v) is 18.7. The molecule has 0 saturated heterocycles. The molecule has 1 unspecified atom stereocenters. The molecule has 2 amide bonds. The maximum atomic E-state index is 13.1. The van der Waals surface area contributed by atoms with Crippen molar-refractivity contribution in [3.63, 3.8) is 0 Å². The Balaban J connectivity index is 1.96. The van der Waals surface area contributed by atoms with Crippen molar-refractivity contribution >= 4 is 44.7 Å². The van der Waals surface area contributed by atoms with E-state index in [2.05, 4.69) is 15.4 Å². The average molecular weight is 484 g/mol. The number of carbonyl (C=O) groups is 2. The lowest BCUT2D eigenvalue weighted by Gasteiger charge is -2.14. The van der Waals surface area contributed by atoms with Crippen molar-refractivity contribution in [3.05, 3.63) is 43.7 Å². The number of fused-ring (bicyclic) bond motifs is 1.